The Labute approximate surface area is 174 Å². The summed E-state index contributed by atoms with van der Waals surface area (Å²) in [4.78, 5) is 13.2. The molecule has 1 aliphatic carbocycles. The van der Waals surface area contributed by atoms with E-state index in [9.17, 15) is 4.79 Å². The molecule has 3 rings (SSSR count). The largest absolute Gasteiger partial charge is 0.490 e. The van der Waals surface area contributed by atoms with Gasteiger partial charge in [0.1, 0.15) is 11.5 Å². The Morgan fingerprint density at radius 2 is 1.14 bits per heavy atom. The molecule has 0 aromatic heterocycles. The number of hydrogen-bond acceptors (Lipinski definition) is 3. The standard InChI is InChI=1S/C26H30O3/c1-18(2)28-24-14-7-5-10-20(24)16-22-12-9-13-23(26(22)27)17-21-11-6-8-15-25(21)29-19(3)4/h5-8,10-11,14-19H,9,12-13H2,1-4H3. The fourth-order valence-corrected chi connectivity index (χ4v) is 3.48. The molecule has 3 nitrogen and oxygen atoms in total. The van der Waals surface area contributed by atoms with E-state index in [-0.39, 0.29) is 18.0 Å². The Morgan fingerprint density at radius 3 is 1.55 bits per heavy atom. The Balaban J connectivity index is 1.90. The lowest BCUT2D eigenvalue weighted by Crippen LogP contribution is -2.13. The van der Waals surface area contributed by atoms with E-state index in [4.69, 9.17) is 9.47 Å². The monoisotopic (exact) mass is 390 g/mol. The van der Waals surface area contributed by atoms with Crippen LogP contribution < -0.4 is 9.47 Å². The molecular weight excluding hydrogens is 360 g/mol. The lowest BCUT2D eigenvalue weighted by molar-refractivity contribution is -0.112. The van der Waals surface area contributed by atoms with Crippen molar-refractivity contribution in [2.24, 2.45) is 0 Å². The van der Waals surface area contributed by atoms with Crippen LogP contribution in [0.4, 0.5) is 0 Å². The molecule has 0 saturated heterocycles. The summed E-state index contributed by atoms with van der Waals surface area (Å²) in [7, 11) is 0. The van der Waals surface area contributed by atoms with Crippen LogP contribution in [0.2, 0.25) is 0 Å². The first-order chi connectivity index (χ1) is 13.9. The molecule has 2 aromatic carbocycles. The highest BCUT2D eigenvalue weighted by Crippen LogP contribution is 2.32. The molecule has 152 valence electrons. The van der Waals surface area contributed by atoms with Crippen LogP contribution in [0, 0.1) is 0 Å². The van der Waals surface area contributed by atoms with Gasteiger partial charge in [0, 0.05) is 22.3 Å². The normalized spacial score (nSPS) is 17.4. The van der Waals surface area contributed by atoms with E-state index < -0.39 is 0 Å². The van der Waals surface area contributed by atoms with Gasteiger partial charge in [0.2, 0.25) is 0 Å². The van der Waals surface area contributed by atoms with Gasteiger partial charge in [-0.15, -0.1) is 0 Å². The highest BCUT2D eigenvalue weighted by molar-refractivity contribution is 6.14. The first-order valence-electron chi connectivity index (χ1n) is 10.4. The number of ketones is 1. The molecule has 0 heterocycles. The average Bonchev–Trinajstić information content (AvgIpc) is 2.67. The van der Waals surface area contributed by atoms with Crippen LogP contribution in [0.3, 0.4) is 0 Å². The van der Waals surface area contributed by atoms with E-state index in [1.54, 1.807) is 0 Å². The Kier molecular flexibility index (Phi) is 6.92. The van der Waals surface area contributed by atoms with Gasteiger partial charge in [-0.3, -0.25) is 4.79 Å². The van der Waals surface area contributed by atoms with Gasteiger partial charge < -0.3 is 9.47 Å². The summed E-state index contributed by atoms with van der Waals surface area (Å²) >= 11 is 0. The molecule has 0 aliphatic heterocycles. The molecule has 0 amide bonds. The predicted octanol–water partition coefficient (Wildman–Crippen LogP) is 6.48. The van der Waals surface area contributed by atoms with E-state index in [0.29, 0.717) is 0 Å². The number of Topliss-reactive ketones (excluding diaryl/α,β-unsaturated/α-hetero) is 1. The lowest BCUT2D eigenvalue weighted by atomic mass is 9.86. The zero-order valence-corrected chi connectivity index (χ0v) is 17.8. The second kappa shape index (κ2) is 9.60. The predicted molar refractivity (Wildman–Crippen MR) is 119 cm³/mol. The Morgan fingerprint density at radius 1 is 0.724 bits per heavy atom. The van der Waals surface area contributed by atoms with Crippen molar-refractivity contribution in [3.63, 3.8) is 0 Å². The number of para-hydroxylation sites is 2. The minimum absolute atomic E-state index is 0.0875. The molecule has 29 heavy (non-hydrogen) atoms. The van der Waals surface area contributed by atoms with Crippen molar-refractivity contribution >= 4 is 17.9 Å². The summed E-state index contributed by atoms with van der Waals surface area (Å²) in [5.41, 5.74) is 3.58. The number of ether oxygens (including phenoxy) is 2. The maximum atomic E-state index is 13.2. The Hall–Kier alpha value is -2.81. The van der Waals surface area contributed by atoms with Crippen LogP contribution in [-0.4, -0.2) is 18.0 Å². The van der Waals surface area contributed by atoms with Crippen LogP contribution in [-0.2, 0) is 4.79 Å². The van der Waals surface area contributed by atoms with Crippen LogP contribution in [0.15, 0.2) is 59.7 Å². The van der Waals surface area contributed by atoms with Gasteiger partial charge in [0.15, 0.2) is 5.78 Å². The first-order valence-corrected chi connectivity index (χ1v) is 10.4. The SMILES string of the molecule is CC(C)Oc1ccccc1C=C1CCCC(=Cc2ccccc2OC(C)C)C1=O. The smallest absolute Gasteiger partial charge is 0.185 e. The average molecular weight is 391 g/mol. The number of hydrogen-bond donors (Lipinski definition) is 0. The van der Waals surface area contributed by atoms with Crippen LogP contribution in [0.25, 0.3) is 12.2 Å². The molecule has 1 fully saturated rings. The third kappa shape index (κ3) is 5.60. The quantitative estimate of drug-likeness (QED) is 0.530. The van der Waals surface area contributed by atoms with Gasteiger partial charge in [0.25, 0.3) is 0 Å². The van der Waals surface area contributed by atoms with Gasteiger partial charge in [0.05, 0.1) is 12.2 Å². The topological polar surface area (TPSA) is 35.5 Å². The molecule has 0 spiro atoms. The summed E-state index contributed by atoms with van der Waals surface area (Å²) in [5.74, 6) is 1.75. The van der Waals surface area contributed by atoms with Gasteiger partial charge in [-0.05, 0) is 71.2 Å². The lowest BCUT2D eigenvalue weighted by Gasteiger charge is -2.19. The fraction of sp³-hybridized carbons (Fsp3) is 0.346. The molecule has 0 atom stereocenters. The summed E-state index contributed by atoms with van der Waals surface area (Å²) in [5, 5.41) is 0. The van der Waals surface area contributed by atoms with Crippen LogP contribution >= 0.6 is 0 Å². The molecule has 2 aromatic rings. The zero-order valence-electron chi connectivity index (χ0n) is 17.8. The van der Waals surface area contributed by atoms with E-state index in [1.165, 1.54) is 0 Å². The van der Waals surface area contributed by atoms with Crippen molar-refractivity contribution in [3.05, 3.63) is 70.8 Å². The molecule has 3 heteroatoms. The molecular formula is C26H30O3. The molecule has 0 N–H and O–H groups in total. The number of rotatable bonds is 6. The highest BCUT2D eigenvalue weighted by atomic mass is 16.5. The molecule has 0 bridgehead atoms. The van der Waals surface area contributed by atoms with E-state index >= 15 is 0 Å². The molecule has 1 saturated carbocycles. The minimum atomic E-state index is 0.0875. The summed E-state index contributed by atoms with van der Waals surface area (Å²) in [6, 6.07) is 15.8. The van der Waals surface area contributed by atoms with Crippen LogP contribution in [0.1, 0.15) is 58.1 Å². The molecule has 0 unspecified atom stereocenters. The van der Waals surface area contributed by atoms with Gasteiger partial charge in [-0.1, -0.05) is 36.4 Å². The second-order valence-electron chi connectivity index (χ2n) is 7.93. The van der Waals surface area contributed by atoms with E-state index in [0.717, 1.165) is 53.0 Å². The van der Waals surface area contributed by atoms with Gasteiger partial charge >= 0.3 is 0 Å². The minimum Gasteiger partial charge on any atom is -0.490 e. The molecule has 0 radical (unpaired) electrons. The fourth-order valence-electron chi connectivity index (χ4n) is 3.48. The van der Waals surface area contributed by atoms with E-state index in [1.807, 2.05) is 88.4 Å². The summed E-state index contributed by atoms with van der Waals surface area (Å²) < 4.78 is 11.8. The maximum Gasteiger partial charge on any atom is 0.185 e. The third-order valence-electron chi connectivity index (χ3n) is 4.70. The first kappa shape index (κ1) is 20.9. The van der Waals surface area contributed by atoms with Crippen molar-refractivity contribution in [1.29, 1.82) is 0 Å². The number of carbonyl (C=O) groups excluding carboxylic acids is 1. The van der Waals surface area contributed by atoms with Crippen molar-refractivity contribution in [2.45, 2.75) is 59.2 Å². The van der Waals surface area contributed by atoms with Gasteiger partial charge in [-0.25, -0.2) is 0 Å². The maximum absolute atomic E-state index is 13.2. The van der Waals surface area contributed by atoms with Crippen molar-refractivity contribution in [1.82, 2.24) is 0 Å². The zero-order chi connectivity index (χ0) is 20.8. The summed E-state index contributed by atoms with van der Waals surface area (Å²) in [6.07, 6.45) is 6.69. The third-order valence-corrected chi connectivity index (χ3v) is 4.70. The van der Waals surface area contributed by atoms with Crippen LogP contribution in [0.5, 0.6) is 11.5 Å². The number of carbonyl (C=O) groups is 1. The van der Waals surface area contributed by atoms with Crippen molar-refractivity contribution in [3.8, 4) is 11.5 Å². The van der Waals surface area contributed by atoms with Crippen molar-refractivity contribution in [2.75, 3.05) is 0 Å². The number of benzene rings is 2. The summed E-state index contributed by atoms with van der Waals surface area (Å²) in [6.45, 7) is 8.03. The highest BCUT2D eigenvalue weighted by Gasteiger charge is 2.21. The van der Waals surface area contributed by atoms with E-state index in [2.05, 4.69) is 0 Å². The second-order valence-corrected chi connectivity index (χ2v) is 7.93. The Bertz CT molecular complexity index is 846. The number of allylic oxidation sites excluding steroid dienone is 2. The molecule has 1 aliphatic rings. The van der Waals surface area contributed by atoms with Gasteiger partial charge in [-0.2, -0.15) is 0 Å². The van der Waals surface area contributed by atoms with Crippen molar-refractivity contribution < 1.29 is 14.3 Å².